The van der Waals surface area contributed by atoms with Crippen molar-refractivity contribution in [1.82, 2.24) is 5.32 Å². The molecule has 120 valence electrons. The largest absolute Gasteiger partial charge is 0.480 e. The molecule has 1 saturated carbocycles. The van der Waals surface area contributed by atoms with Crippen LogP contribution < -0.4 is 11.1 Å². The average molecular weight is 325 g/mol. The molecule has 6 heteroatoms. The Hall–Kier alpha value is -1.75. The second-order valence-corrected chi connectivity index (χ2v) is 6.46. The first-order valence-corrected chi connectivity index (χ1v) is 7.83. The number of halogens is 1. The Bertz CT molecular complexity index is 585. The fourth-order valence-electron chi connectivity index (χ4n) is 3.05. The third kappa shape index (κ3) is 3.35. The van der Waals surface area contributed by atoms with Crippen LogP contribution in [0.1, 0.15) is 49.4 Å². The summed E-state index contributed by atoms with van der Waals surface area (Å²) in [6, 6.07) is 4.55. The van der Waals surface area contributed by atoms with Crippen molar-refractivity contribution in [2.24, 2.45) is 5.92 Å². The number of hydrogen-bond donors (Lipinski definition) is 3. The number of hydrogen-bond acceptors (Lipinski definition) is 3. The Kier molecular flexibility index (Phi) is 4.96. The first kappa shape index (κ1) is 16.6. The summed E-state index contributed by atoms with van der Waals surface area (Å²) in [5.41, 5.74) is 5.00. The molecular formula is C16H21ClN2O3. The molecule has 1 amide bonds. The minimum atomic E-state index is -1.29. The minimum Gasteiger partial charge on any atom is -0.480 e. The van der Waals surface area contributed by atoms with E-state index in [1.807, 2.05) is 0 Å². The monoisotopic (exact) mass is 324 g/mol. The van der Waals surface area contributed by atoms with Crippen LogP contribution in [0.15, 0.2) is 18.2 Å². The highest BCUT2D eigenvalue weighted by molar-refractivity contribution is 6.31. The summed E-state index contributed by atoms with van der Waals surface area (Å²) in [6.07, 6.45) is 4.71. The molecular weight excluding hydrogens is 304 g/mol. The third-order valence-corrected chi connectivity index (χ3v) is 4.73. The highest BCUT2D eigenvalue weighted by Gasteiger charge is 2.43. The van der Waals surface area contributed by atoms with Gasteiger partial charge in [0.1, 0.15) is 5.54 Å². The summed E-state index contributed by atoms with van der Waals surface area (Å²) in [5.74, 6) is -1.57. The number of amides is 1. The quantitative estimate of drug-likeness (QED) is 0.742. The van der Waals surface area contributed by atoms with Gasteiger partial charge in [-0.05, 0) is 43.9 Å². The Morgan fingerprint density at radius 3 is 2.50 bits per heavy atom. The van der Waals surface area contributed by atoms with Gasteiger partial charge in [-0.15, -0.1) is 0 Å². The van der Waals surface area contributed by atoms with Gasteiger partial charge in [-0.3, -0.25) is 4.79 Å². The van der Waals surface area contributed by atoms with Gasteiger partial charge in [-0.25, -0.2) is 4.79 Å². The molecule has 0 radical (unpaired) electrons. The lowest BCUT2D eigenvalue weighted by Gasteiger charge is -2.37. The SMILES string of the molecule is C[C@@](NC(=O)c1ccc(Cl)cc1N)(C(=O)O)C1CCCCC1. The van der Waals surface area contributed by atoms with E-state index in [-0.39, 0.29) is 17.2 Å². The van der Waals surface area contributed by atoms with Crippen LogP contribution in [-0.2, 0) is 4.79 Å². The molecule has 0 heterocycles. The lowest BCUT2D eigenvalue weighted by molar-refractivity contribution is -0.146. The van der Waals surface area contributed by atoms with Gasteiger partial charge in [0, 0.05) is 10.7 Å². The Balaban J connectivity index is 2.23. The Morgan fingerprint density at radius 1 is 1.32 bits per heavy atom. The van der Waals surface area contributed by atoms with Gasteiger partial charge in [-0.2, -0.15) is 0 Å². The summed E-state index contributed by atoms with van der Waals surface area (Å²) in [7, 11) is 0. The van der Waals surface area contributed by atoms with Gasteiger partial charge in [-0.1, -0.05) is 30.9 Å². The maximum absolute atomic E-state index is 12.4. The van der Waals surface area contributed by atoms with Crippen LogP contribution >= 0.6 is 11.6 Å². The number of benzene rings is 1. The fourth-order valence-corrected chi connectivity index (χ4v) is 3.23. The lowest BCUT2D eigenvalue weighted by Crippen LogP contribution is -2.57. The summed E-state index contributed by atoms with van der Waals surface area (Å²) in [5, 5.41) is 12.7. The van der Waals surface area contributed by atoms with E-state index in [0.717, 1.165) is 32.1 Å². The number of anilines is 1. The van der Waals surface area contributed by atoms with Gasteiger partial charge >= 0.3 is 5.97 Å². The van der Waals surface area contributed by atoms with Crippen molar-refractivity contribution in [2.75, 3.05) is 5.73 Å². The predicted octanol–water partition coefficient (Wildman–Crippen LogP) is 3.08. The van der Waals surface area contributed by atoms with Crippen molar-refractivity contribution in [3.05, 3.63) is 28.8 Å². The number of carboxylic acid groups (broad SMARTS) is 1. The zero-order chi connectivity index (χ0) is 16.3. The van der Waals surface area contributed by atoms with Crippen molar-refractivity contribution in [2.45, 2.75) is 44.6 Å². The summed E-state index contributed by atoms with van der Waals surface area (Å²) in [6.45, 7) is 1.58. The Labute approximate surface area is 134 Å². The fraction of sp³-hybridized carbons (Fsp3) is 0.500. The van der Waals surface area contributed by atoms with Crippen molar-refractivity contribution < 1.29 is 14.7 Å². The topological polar surface area (TPSA) is 92.4 Å². The van der Waals surface area contributed by atoms with Crippen LogP contribution in [0, 0.1) is 5.92 Å². The smallest absolute Gasteiger partial charge is 0.329 e. The molecule has 1 aromatic carbocycles. The highest BCUT2D eigenvalue weighted by Crippen LogP contribution is 2.33. The van der Waals surface area contributed by atoms with E-state index in [1.165, 1.54) is 12.1 Å². The Morgan fingerprint density at radius 2 is 1.95 bits per heavy atom. The molecule has 22 heavy (non-hydrogen) atoms. The first-order chi connectivity index (χ1) is 10.3. The van der Waals surface area contributed by atoms with Crippen molar-refractivity contribution in [1.29, 1.82) is 0 Å². The van der Waals surface area contributed by atoms with Crippen LogP contribution in [0.5, 0.6) is 0 Å². The zero-order valence-electron chi connectivity index (χ0n) is 12.6. The molecule has 0 aromatic heterocycles. The molecule has 1 fully saturated rings. The normalized spacial score (nSPS) is 18.5. The van der Waals surface area contributed by atoms with E-state index >= 15 is 0 Å². The maximum atomic E-state index is 12.4. The summed E-state index contributed by atoms with van der Waals surface area (Å²) in [4.78, 5) is 24.2. The zero-order valence-corrected chi connectivity index (χ0v) is 13.3. The summed E-state index contributed by atoms with van der Waals surface area (Å²) < 4.78 is 0. The van der Waals surface area contributed by atoms with E-state index in [1.54, 1.807) is 13.0 Å². The molecule has 1 aliphatic carbocycles. The molecule has 0 aliphatic heterocycles. The highest BCUT2D eigenvalue weighted by atomic mass is 35.5. The van der Waals surface area contributed by atoms with Gasteiger partial charge in [0.15, 0.2) is 0 Å². The predicted molar refractivity (Wildman–Crippen MR) is 85.9 cm³/mol. The third-order valence-electron chi connectivity index (χ3n) is 4.50. The van der Waals surface area contributed by atoms with Gasteiger partial charge in [0.25, 0.3) is 5.91 Å². The molecule has 0 saturated heterocycles. The molecule has 0 bridgehead atoms. The number of nitrogens with two attached hydrogens (primary N) is 1. The van der Waals surface area contributed by atoms with Gasteiger partial charge in [0.2, 0.25) is 0 Å². The van der Waals surface area contributed by atoms with Crippen LogP contribution in [-0.4, -0.2) is 22.5 Å². The number of carboxylic acids is 1. The average Bonchev–Trinajstić information content (AvgIpc) is 2.47. The van der Waals surface area contributed by atoms with Gasteiger partial charge in [0.05, 0.1) is 5.56 Å². The van der Waals surface area contributed by atoms with E-state index in [4.69, 9.17) is 17.3 Å². The van der Waals surface area contributed by atoms with E-state index < -0.39 is 17.4 Å². The van der Waals surface area contributed by atoms with Crippen molar-refractivity contribution in [3.63, 3.8) is 0 Å². The first-order valence-electron chi connectivity index (χ1n) is 7.45. The van der Waals surface area contributed by atoms with E-state index in [9.17, 15) is 14.7 Å². The molecule has 4 N–H and O–H groups in total. The maximum Gasteiger partial charge on any atom is 0.329 e. The number of rotatable bonds is 4. The van der Waals surface area contributed by atoms with E-state index in [0.29, 0.717) is 5.02 Å². The number of aliphatic carboxylic acids is 1. The number of nitrogens with one attached hydrogen (secondary N) is 1. The second kappa shape index (κ2) is 6.57. The van der Waals surface area contributed by atoms with Crippen LogP contribution in [0.2, 0.25) is 5.02 Å². The molecule has 1 aliphatic rings. The van der Waals surface area contributed by atoms with Crippen LogP contribution in [0.4, 0.5) is 5.69 Å². The molecule has 5 nitrogen and oxygen atoms in total. The van der Waals surface area contributed by atoms with Gasteiger partial charge < -0.3 is 16.2 Å². The van der Waals surface area contributed by atoms with Crippen molar-refractivity contribution >= 4 is 29.2 Å². The number of nitrogen functional groups attached to an aromatic ring is 1. The molecule has 2 rings (SSSR count). The summed E-state index contributed by atoms with van der Waals surface area (Å²) >= 11 is 5.82. The van der Waals surface area contributed by atoms with E-state index in [2.05, 4.69) is 5.32 Å². The lowest BCUT2D eigenvalue weighted by atomic mass is 9.75. The van der Waals surface area contributed by atoms with Crippen molar-refractivity contribution in [3.8, 4) is 0 Å². The van der Waals surface area contributed by atoms with Crippen LogP contribution in [0.3, 0.4) is 0 Å². The second-order valence-electron chi connectivity index (χ2n) is 6.03. The number of carbonyl (C=O) groups is 2. The molecule has 1 atom stereocenters. The molecule has 1 aromatic rings. The number of carbonyl (C=O) groups excluding carboxylic acids is 1. The standard InChI is InChI=1S/C16H21ClN2O3/c1-16(15(21)22,10-5-3-2-4-6-10)19-14(20)12-8-7-11(17)9-13(12)18/h7-10H,2-6,18H2,1H3,(H,19,20)(H,21,22)/t16-/m0/s1. The van der Waals surface area contributed by atoms with Crippen LogP contribution in [0.25, 0.3) is 0 Å². The minimum absolute atomic E-state index is 0.0729. The molecule has 0 spiro atoms. The molecule has 0 unspecified atom stereocenters.